The van der Waals surface area contributed by atoms with E-state index in [1.807, 2.05) is 0 Å². The summed E-state index contributed by atoms with van der Waals surface area (Å²) in [5.41, 5.74) is 10.7. The van der Waals surface area contributed by atoms with Gasteiger partial charge in [-0.1, -0.05) is 29.4 Å². The molecule has 3 nitrogen and oxygen atoms in total. The molecule has 1 aromatic carbocycles. The summed E-state index contributed by atoms with van der Waals surface area (Å²) in [6.07, 6.45) is 4.31. The van der Waals surface area contributed by atoms with Crippen LogP contribution in [0, 0.1) is 30.6 Å². The fourth-order valence-electron chi connectivity index (χ4n) is 5.36. The summed E-state index contributed by atoms with van der Waals surface area (Å²) in [5.74, 6) is 4.68. The lowest BCUT2D eigenvalue weighted by molar-refractivity contribution is 0.417. The summed E-state index contributed by atoms with van der Waals surface area (Å²) in [4.78, 5) is 0. The van der Waals surface area contributed by atoms with Crippen molar-refractivity contribution in [1.82, 2.24) is 5.16 Å². The second kappa shape index (κ2) is 3.90. The van der Waals surface area contributed by atoms with Crippen LogP contribution in [0.25, 0.3) is 11.1 Å². The van der Waals surface area contributed by atoms with Crippen LogP contribution in [0.4, 0.5) is 5.88 Å². The van der Waals surface area contributed by atoms with E-state index in [2.05, 4.69) is 36.3 Å². The van der Waals surface area contributed by atoms with E-state index in [1.54, 1.807) is 0 Å². The van der Waals surface area contributed by atoms with Crippen molar-refractivity contribution in [2.45, 2.75) is 32.1 Å². The van der Waals surface area contributed by atoms with Gasteiger partial charge >= 0.3 is 0 Å². The maximum atomic E-state index is 6.11. The molecule has 0 amide bonds. The van der Waals surface area contributed by atoms with Crippen LogP contribution in [0.15, 0.2) is 28.8 Å². The predicted molar refractivity (Wildman–Crippen MR) is 81.6 cm³/mol. The average Bonchev–Trinajstić information content (AvgIpc) is 2.81. The Bertz CT molecular complexity index is 704. The Morgan fingerprint density at radius 1 is 1.14 bits per heavy atom. The molecule has 4 atom stereocenters. The molecule has 0 radical (unpaired) electrons. The van der Waals surface area contributed by atoms with Crippen molar-refractivity contribution in [2.24, 2.45) is 23.7 Å². The van der Waals surface area contributed by atoms with Crippen LogP contribution in [0.3, 0.4) is 0 Å². The minimum atomic E-state index is 0.483. The molecule has 5 rings (SSSR count). The number of nitrogens with two attached hydrogens (primary N) is 1. The van der Waals surface area contributed by atoms with E-state index in [-0.39, 0.29) is 0 Å². The van der Waals surface area contributed by atoms with Gasteiger partial charge in [-0.25, -0.2) is 0 Å². The molecule has 3 aliphatic rings. The third-order valence-corrected chi connectivity index (χ3v) is 6.21. The highest BCUT2D eigenvalue weighted by atomic mass is 16.5. The number of nitrogens with zero attached hydrogens (tertiary/aromatic N) is 1. The quantitative estimate of drug-likeness (QED) is 0.904. The van der Waals surface area contributed by atoms with Crippen LogP contribution in [0.2, 0.25) is 0 Å². The number of anilines is 1. The zero-order valence-electron chi connectivity index (χ0n) is 12.3. The number of aryl methyl sites for hydroxylation is 1. The maximum absolute atomic E-state index is 6.11. The Morgan fingerprint density at radius 3 is 2.57 bits per heavy atom. The first-order chi connectivity index (χ1) is 10.3. The summed E-state index contributed by atoms with van der Waals surface area (Å²) >= 11 is 0. The molecule has 4 unspecified atom stereocenters. The zero-order chi connectivity index (χ0) is 14.1. The zero-order valence-corrected chi connectivity index (χ0v) is 12.3. The third kappa shape index (κ3) is 1.47. The molecule has 21 heavy (non-hydrogen) atoms. The third-order valence-electron chi connectivity index (χ3n) is 6.21. The smallest absolute Gasteiger partial charge is 0.230 e. The molecule has 2 N–H and O–H groups in total. The van der Waals surface area contributed by atoms with Gasteiger partial charge in [-0.3, -0.25) is 0 Å². The number of nitrogen functional groups attached to an aromatic ring is 1. The van der Waals surface area contributed by atoms with Gasteiger partial charge in [-0.05, 0) is 61.0 Å². The normalized spacial score (nSPS) is 36.0. The summed E-state index contributed by atoms with van der Waals surface area (Å²) in [6.45, 7) is 2.13. The van der Waals surface area contributed by atoms with Gasteiger partial charge in [0.25, 0.3) is 0 Å². The Kier molecular flexibility index (Phi) is 2.20. The predicted octanol–water partition coefficient (Wildman–Crippen LogP) is 3.99. The molecule has 3 heteroatoms. The average molecular weight is 280 g/mol. The molecule has 0 spiro atoms. The first-order valence-corrected chi connectivity index (χ1v) is 8.06. The van der Waals surface area contributed by atoms with Crippen molar-refractivity contribution in [3.63, 3.8) is 0 Å². The van der Waals surface area contributed by atoms with Crippen molar-refractivity contribution < 1.29 is 4.52 Å². The topological polar surface area (TPSA) is 52.0 Å². The fraction of sp³-hybridized carbons (Fsp3) is 0.500. The standard InChI is InChI=1S/C18H20N2O/c1-9-4-2-3-5-12(9)15-17(20-21-18(15)19)16-13-10-6-7-11(8-10)14(13)16/h2-5,10-11,13-14,16H,6-8,19H2,1H3. The molecular weight excluding hydrogens is 260 g/mol. The molecule has 1 aromatic heterocycles. The molecule has 2 aromatic rings. The van der Waals surface area contributed by atoms with Gasteiger partial charge in [0.1, 0.15) is 0 Å². The summed E-state index contributed by atoms with van der Waals surface area (Å²) < 4.78 is 5.39. The van der Waals surface area contributed by atoms with Crippen LogP contribution < -0.4 is 5.73 Å². The summed E-state index contributed by atoms with van der Waals surface area (Å²) in [7, 11) is 0. The molecule has 1 heterocycles. The molecular formula is C18H20N2O. The fourth-order valence-corrected chi connectivity index (χ4v) is 5.36. The van der Waals surface area contributed by atoms with E-state index in [4.69, 9.17) is 10.3 Å². The highest BCUT2D eigenvalue weighted by molar-refractivity contribution is 5.78. The van der Waals surface area contributed by atoms with E-state index in [0.717, 1.165) is 34.9 Å². The number of benzene rings is 1. The van der Waals surface area contributed by atoms with Gasteiger partial charge < -0.3 is 10.3 Å². The van der Waals surface area contributed by atoms with Crippen LogP contribution >= 0.6 is 0 Å². The van der Waals surface area contributed by atoms with Gasteiger partial charge in [0, 0.05) is 5.92 Å². The molecule has 3 aliphatic carbocycles. The van der Waals surface area contributed by atoms with Crippen molar-refractivity contribution in [2.75, 3.05) is 5.73 Å². The monoisotopic (exact) mass is 280 g/mol. The van der Waals surface area contributed by atoms with Gasteiger partial charge in [0.05, 0.1) is 11.3 Å². The number of hydrogen-bond donors (Lipinski definition) is 1. The molecule has 0 aliphatic heterocycles. The van der Waals surface area contributed by atoms with Gasteiger partial charge in [0.15, 0.2) is 0 Å². The van der Waals surface area contributed by atoms with Crippen molar-refractivity contribution in [3.05, 3.63) is 35.5 Å². The van der Waals surface area contributed by atoms with Crippen molar-refractivity contribution in [1.29, 1.82) is 0 Å². The lowest BCUT2D eigenvalue weighted by Crippen LogP contribution is -2.00. The summed E-state index contributed by atoms with van der Waals surface area (Å²) in [6, 6.07) is 8.39. The number of rotatable bonds is 2. The van der Waals surface area contributed by atoms with Crippen molar-refractivity contribution in [3.8, 4) is 11.1 Å². The first kappa shape index (κ1) is 11.8. The SMILES string of the molecule is Cc1ccccc1-c1c(C2C3C4CCC(C4)C23)noc1N. The van der Waals surface area contributed by atoms with E-state index >= 15 is 0 Å². The minimum absolute atomic E-state index is 0.483. The van der Waals surface area contributed by atoms with Crippen LogP contribution in [0.1, 0.15) is 36.4 Å². The first-order valence-electron chi connectivity index (χ1n) is 8.06. The van der Waals surface area contributed by atoms with E-state index in [1.165, 1.54) is 30.4 Å². The highest BCUT2D eigenvalue weighted by Crippen LogP contribution is 2.73. The maximum Gasteiger partial charge on any atom is 0.230 e. The van der Waals surface area contributed by atoms with Crippen LogP contribution in [-0.2, 0) is 0 Å². The second-order valence-electron chi connectivity index (χ2n) is 7.14. The van der Waals surface area contributed by atoms with E-state index in [9.17, 15) is 0 Å². The highest BCUT2D eigenvalue weighted by Gasteiger charge is 2.66. The second-order valence-corrected chi connectivity index (χ2v) is 7.14. The largest absolute Gasteiger partial charge is 0.367 e. The number of aromatic nitrogens is 1. The molecule has 2 bridgehead atoms. The van der Waals surface area contributed by atoms with Gasteiger partial charge in [-0.2, -0.15) is 0 Å². The lowest BCUT2D eigenvalue weighted by Gasteiger charge is -2.09. The molecule has 3 saturated carbocycles. The number of hydrogen-bond acceptors (Lipinski definition) is 3. The number of fused-ring (bicyclic) bond motifs is 5. The Balaban J connectivity index is 1.60. The van der Waals surface area contributed by atoms with Crippen LogP contribution in [-0.4, -0.2) is 5.16 Å². The minimum Gasteiger partial charge on any atom is -0.367 e. The van der Waals surface area contributed by atoms with Crippen molar-refractivity contribution >= 4 is 5.88 Å². The molecule has 0 saturated heterocycles. The van der Waals surface area contributed by atoms with E-state index < -0.39 is 0 Å². The molecule has 108 valence electrons. The molecule has 3 fully saturated rings. The van der Waals surface area contributed by atoms with Gasteiger partial charge in [-0.15, -0.1) is 0 Å². The van der Waals surface area contributed by atoms with E-state index in [0.29, 0.717) is 11.8 Å². The lowest BCUT2D eigenvalue weighted by atomic mass is 9.94. The Morgan fingerprint density at radius 2 is 1.86 bits per heavy atom. The Hall–Kier alpha value is -1.77. The Labute approximate surface area is 124 Å². The van der Waals surface area contributed by atoms with Gasteiger partial charge in [0.2, 0.25) is 5.88 Å². The summed E-state index contributed by atoms with van der Waals surface area (Å²) in [5, 5.41) is 4.37. The van der Waals surface area contributed by atoms with Crippen LogP contribution in [0.5, 0.6) is 0 Å².